The summed E-state index contributed by atoms with van der Waals surface area (Å²) in [7, 11) is 0. The molecule has 0 aromatic heterocycles. The van der Waals surface area contributed by atoms with Gasteiger partial charge in [0.25, 0.3) is 0 Å². The Morgan fingerprint density at radius 1 is 1.36 bits per heavy atom. The van der Waals surface area contributed by atoms with Crippen molar-refractivity contribution >= 4 is 0 Å². The van der Waals surface area contributed by atoms with Gasteiger partial charge in [0.05, 0.1) is 6.10 Å². The van der Waals surface area contributed by atoms with Crippen LogP contribution < -0.4 is 5.32 Å². The van der Waals surface area contributed by atoms with Crippen molar-refractivity contribution in [2.45, 2.75) is 40.2 Å². The van der Waals surface area contributed by atoms with E-state index in [0.29, 0.717) is 6.10 Å². The van der Waals surface area contributed by atoms with Gasteiger partial charge < -0.3 is 15.2 Å². The van der Waals surface area contributed by atoms with Crippen molar-refractivity contribution < 1.29 is 9.84 Å². The first kappa shape index (κ1) is 13.9. The van der Waals surface area contributed by atoms with Crippen molar-refractivity contribution in [1.29, 1.82) is 0 Å². The van der Waals surface area contributed by atoms with Crippen LogP contribution >= 0.6 is 0 Å². The zero-order valence-corrected chi connectivity index (χ0v) is 9.97. The quantitative estimate of drug-likeness (QED) is 0.586. The van der Waals surface area contributed by atoms with Crippen LogP contribution in [0, 0.1) is 5.41 Å². The van der Waals surface area contributed by atoms with Crippen LogP contribution in [0.3, 0.4) is 0 Å². The molecule has 0 aromatic rings. The third kappa shape index (κ3) is 8.48. The molecule has 0 bridgehead atoms. The number of hydrogen-bond acceptors (Lipinski definition) is 3. The van der Waals surface area contributed by atoms with Crippen molar-refractivity contribution in [1.82, 2.24) is 5.32 Å². The van der Waals surface area contributed by atoms with Gasteiger partial charge >= 0.3 is 0 Å². The number of ether oxygens (including phenoxy) is 1. The highest BCUT2D eigenvalue weighted by Crippen LogP contribution is 2.10. The summed E-state index contributed by atoms with van der Waals surface area (Å²) in [6, 6.07) is 0. The van der Waals surface area contributed by atoms with Crippen LogP contribution in [0.4, 0.5) is 0 Å². The molecular weight excluding hydrogens is 178 g/mol. The second kappa shape index (κ2) is 7.21. The van der Waals surface area contributed by atoms with E-state index in [1.165, 1.54) is 0 Å². The van der Waals surface area contributed by atoms with Gasteiger partial charge in [0.15, 0.2) is 0 Å². The number of hydrogen-bond donors (Lipinski definition) is 2. The summed E-state index contributed by atoms with van der Waals surface area (Å²) in [5, 5.41) is 12.3. The largest absolute Gasteiger partial charge is 0.396 e. The monoisotopic (exact) mass is 203 g/mol. The third-order valence-corrected chi connectivity index (χ3v) is 1.98. The minimum absolute atomic E-state index is 0.0150. The number of nitrogens with one attached hydrogen (secondary N) is 1. The topological polar surface area (TPSA) is 41.5 Å². The average Bonchev–Trinajstić information content (AvgIpc) is 2.10. The van der Waals surface area contributed by atoms with Crippen molar-refractivity contribution in [2.24, 2.45) is 5.41 Å². The molecule has 0 heterocycles. The highest BCUT2D eigenvalue weighted by Gasteiger charge is 2.14. The fourth-order valence-electron chi connectivity index (χ4n) is 0.999. The van der Waals surface area contributed by atoms with E-state index in [9.17, 15) is 0 Å². The lowest BCUT2D eigenvalue weighted by Crippen LogP contribution is -2.33. The highest BCUT2D eigenvalue weighted by molar-refractivity contribution is 4.69. The van der Waals surface area contributed by atoms with E-state index >= 15 is 0 Å². The molecule has 0 aliphatic heterocycles. The molecule has 0 radical (unpaired) electrons. The molecule has 0 aromatic carbocycles. The van der Waals surface area contributed by atoms with E-state index in [1.54, 1.807) is 0 Å². The molecule has 14 heavy (non-hydrogen) atoms. The summed E-state index contributed by atoms with van der Waals surface area (Å²) in [5.74, 6) is 0. The number of rotatable bonds is 8. The van der Waals surface area contributed by atoms with Gasteiger partial charge in [-0.1, -0.05) is 13.8 Å². The predicted molar refractivity (Wildman–Crippen MR) is 59.4 cm³/mol. The molecule has 0 saturated heterocycles. The van der Waals surface area contributed by atoms with Crippen LogP contribution in [0.5, 0.6) is 0 Å². The van der Waals surface area contributed by atoms with E-state index < -0.39 is 0 Å². The van der Waals surface area contributed by atoms with Crippen molar-refractivity contribution in [3.05, 3.63) is 0 Å². The lowest BCUT2D eigenvalue weighted by atomic mass is 9.95. The van der Waals surface area contributed by atoms with Gasteiger partial charge in [-0.15, -0.1) is 0 Å². The Hall–Kier alpha value is -0.120. The summed E-state index contributed by atoms with van der Waals surface area (Å²) in [4.78, 5) is 0. The van der Waals surface area contributed by atoms with Gasteiger partial charge in [-0.25, -0.2) is 0 Å². The van der Waals surface area contributed by atoms with E-state index in [4.69, 9.17) is 9.84 Å². The lowest BCUT2D eigenvalue weighted by Gasteiger charge is -2.21. The Morgan fingerprint density at radius 2 is 2.00 bits per heavy atom. The molecule has 2 N–H and O–H groups in total. The fourth-order valence-corrected chi connectivity index (χ4v) is 0.999. The molecular formula is C11H25NO2. The lowest BCUT2D eigenvalue weighted by molar-refractivity contribution is 0.0762. The maximum Gasteiger partial charge on any atom is 0.0518 e. The van der Waals surface area contributed by atoms with Crippen molar-refractivity contribution in [3.63, 3.8) is 0 Å². The molecule has 3 heteroatoms. The van der Waals surface area contributed by atoms with Crippen LogP contribution in [0.2, 0.25) is 0 Å². The fraction of sp³-hybridized carbons (Fsp3) is 1.00. The summed E-state index contributed by atoms with van der Waals surface area (Å²) in [6.07, 6.45) is 1.35. The van der Waals surface area contributed by atoms with E-state index in [0.717, 1.165) is 26.1 Å². The first-order valence-corrected chi connectivity index (χ1v) is 5.41. The number of aliphatic hydroxyl groups is 1. The zero-order valence-electron chi connectivity index (χ0n) is 9.97. The van der Waals surface area contributed by atoms with Crippen LogP contribution in [0.25, 0.3) is 0 Å². The van der Waals surface area contributed by atoms with Gasteiger partial charge in [0, 0.05) is 25.2 Å². The number of aliphatic hydroxyl groups excluding tert-OH is 1. The summed E-state index contributed by atoms with van der Waals surface area (Å²) in [5.41, 5.74) is -0.0150. The Bertz CT molecular complexity index is 135. The smallest absolute Gasteiger partial charge is 0.0518 e. The van der Waals surface area contributed by atoms with Crippen molar-refractivity contribution in [3.8, 4) is 0 Å². The molecule has 86 valence electrons. The molecule has 0 saturated carbocycles. The maximum atomic E-state index is 9.00. The van der Waals surface area contributed by atoms with Gasteiger partial charge in [-0.05, 0) is 26.8 Å². The Balaban J connectivity index is 3.21. The van der Waals surface area contributed by atoms with Gasteiger partial charge in [-0.2, -0.15) is 0 Å². The van der Waals surface area contributed by atoms with Crippen molar-refractivity contribution in [2.75, 3.05) is 26.3 Å². The molecule has 0 rings (SSSR count). The normalized spacial score (nSPS) is 12.4. The summed E-state index contributed by atoms with van der Waals surface area (Å²) >= 11 is 0. The van der Waals surface area contributed by atoms with Crippen LogP contribution in [0.1, 0.15) is 34.1 Å². The molecule has 0 aliphatic carbocycles. The summed E-state index contributed by atoms with van der Waals surface area (Å²) in [6.45, 7) is 11.0. The van der Waals surface area contributed by atoms with E-state index in [1.807, 2.05) is 27.7 Å². The minimum atomic E-state index is -0.0150. The molecule has 0 fully saturated rings. The van der Waals surface area contributed by atoms with E-state index in [-0.39, 0.29) is 12.0 Å². The molecule has 0 atom stereocenters. The van der Waals surface area contributed by atoms with E-state index in [2.05, 4.69) is 5.32 Å². The standard InChI is InChI=1S/C11H25NO2/c1-10(2)14-7-5-6-12-8-11(3,4)9-13/h10,12-13H,5-9H2,1-4H3. The van der Waals surface area contributed by atoms with Crippen LogP contribution in [-0.2, 0) is 4.74 Å². The molecule has 0 amide bonds. The first-order chi connectivity index (χ1) is 6.48. The first-order valence-electron chi connectivity index (χ1n) is 5.41. The Labute approximate surface area is 87.8 Å². The maximum absolute atomic E-state index is 9.00. The second-order valence-corrected chi connectivity index (χ2v) is 4.77. The van der Waals surface area contributed by atoms with Gasteiger partial charge in [0.1, 0.15) is 0 Å². The van der Waals surface area contributed by atoms with Gasteiger partial charge in [0.2, 0.25) is 0 Å². The molecule has 3 nitrogen and oxygen atoms in total. The molecule has 0 spiro atoms. The Kier molecular flexibility index (Phi) is 7.15. The average molecular weight is 203 g/mol. The second-order valence-electron chi connectivity index (χ2n) is 4.77. The highest BCUT2D eigenvalue weighted by atomic mass is 16.5. The van der Waals surface area contributed by atoms with Crippen LogP contribution in [-0.4, -0.2) is 37.5 Å². The van der Waals surface area contributed by atoms with Crippen LogP contribution in [0.15, 0.2) is 0 Å². The zero-order chi connectivity index (χ0) is 11.0. The Morgan fingerprint density at radius 3 is 2.50 bits per heavy atom. The minimum Gasteiger partial charge on any atom is -0.396 e. The molecule has 0 aliphatic rings. The SMILES string of the molecule is CC(C)OCCCNCC(C)(C)CO. The van der Waals surface area contributed by atoms with Gasteiger partial charge in [-0.3, -0.25) is 0 Å². The third-order valence-electron chi connectivity index (χ3n) is 1.98. The molecule has 0 unspecified atom stereocenters. The summed E-state index contributed by atoms with van der Waals surface area (Å²) < 4.78 is 5.41. The predicted octanol–water partition coefficient (Wildman–Crippen LogP) is 1.41.